The number of fused-ring (bicyclic) bond motifs is 3. The molecule has 0 spiro atoms. The quantitative estimate of drug-likeness (QED) is 0.195. The summed E-state index contributed by atoms with van der Waals surface area (Å²) in [5, 5.41) is 12.3. The third-order valence-electron chi connectivity index (χ3n) is 6.57. The highest BCUT2D eigenvalue weighted by Gasteiger charge is 2.28. The molecule has 1 unspecified atom stereocenters. The number of halogens is 2. The van der Waals surface area contributed by atoms with Crippen molar-refractivity contribution in [3.8, 4) is 16.9 Å². The Morgan fingerprint density at radius 2 is 2.00 bits per heavy atom. The summed E-state index contributed by atoms with van der Waals surface area (Å²) in [6, 6.07) is 14.3. The van der Waals surface area contributed by atoms with Crippen molar-refractivity contribution in [2.75, 3.05) is 26.2 Å². The zero-order valence-electron chi connectivity index (χ0n) is 22.6. The van der Waals surface area contributed by atoms with E-state index in [9.17, 15) is 5.11 Å². The van der Waals surface area contributed by atoms with Gasteiger partial charge in [0.2, 0.25) is 5.85 Å². The van der Waals surface area contributed by atoms with E-state index in [1.54, 1.807) is 6.20 Å². The molecule has 38 heavy (non-hydrogen) atoms. The van der Waals surface area contributed by atoms with Crippen LogP contribution in [0.4, 0.5) is 4.39 Å². The first-order chi connectivity index (χ1) is 18.4. The number of rotatable bonds is 11. The van der Waals surface area contributed by atoms with Gasteiger partial charge in [-0.1, -0.05) is 44.5 Å². The van der Waals surface area contributed by atoms with Gasteiger partial charge in [0.05, 0.1) is 17.1 Å². The van der Waals surface area contributed by atoms with Crippen LogP contribution in [0.15, 0.2) is 53.6 Å². The van der Waals surface area contributed by atoms with E-state index in [1.807, 2.05) is 55.6 Å². The summed E-state index contributed by atoms with van der Waals surface area (Å²) < 4.78 is 21.6. The van der Waals surface area contributed by atoms with E-state index in [0.717, 1.165) is 33.7 Å². The standard InChI is InChI=1S/C28H31ClFN3O2S.C2H6/c1-3-33(13-14-34)12-11-28(2,30)35-24-10-9-22(18-5-4-6-21(15-18)36-20-7-8-20)25-23-16-19(29)17-31-27(23)32-26(24)25;1-2/h4-6,9-10,15-17,20,34H,3,7-8,11-14H2,1-2H3,(H,31,32);1-2H3. The molecule has 4 aromatic rings. The summed E-state index contributed by atoms with van der Waals surface area (Å²) in [5.41, 5.74) is 3.48. The number of aliphatic hydroxyl groups excluding tert-OH is 1. The van der Waals surface area contributed by atoms with Crippen LogP contribution in [0.1, 0.15) is 47.0 Å². The number of nitrogens with one attached hydrogen (secondary N) is 1. The smallest absolute Gasteiger partial charge is 0.246 e. The molecule has 8 heteroatoms. The first-order valence-electron chi connectivity index (χ1n) is 13.4. The fraction of sp³-hybridized carbons (Fsp3) is 0.433. The number of ether oxygens (including phenoxy) is 1. The molecule has 0 saturated heterocycles. The van der Waals surface area contributed by atoms with Gasteiger partial charge in [-0.15, -0.1) is 11.8 Å². The molecule has 1 atom stereocenters. The predicted octanol–water partition coefficient (Wildman–Crippen LogP) is 8.09. The lowest BCUT2D eigenvalue weighted by molar-refractivity contribution is -0.0564. The Morgan fingerprint density at radius 1 is 1.21 bits per heavy atom. The zero-order chi connectivity index (χ0) is 27.3. The number of aromatic nitrogens is 2. The monoisotopic (exact) mass is 557 g/mol. The normalized spacial score (nSPS) is 14.9. The molecule has 1 aliphatic rings. The fourth-order valence-electron chi connectivity index (χ4n) is 4.48. The van der Waals surface area contributed by atoms with Gasteiger partial charge in [0, 0.05) is 53.5 Å². The Kier molecular flexibility index (Phi) is 9.58. The van der Waals surface area contributed by atoms with Crippen molar-refractivity contribution in [3.63, 3.8) is 0 Å². The highest BCUT2D eigenvalue weighted by molar-refractivity contribution is 8.00. The van der Waals surface area contributed by atoms with Crippen molar-refractivity contribution in [1.82, 2.24) is 14.9 Å². The molecular weight excluding hydrogens is 521 g/mol. The minimum atomic E-state index is -1.89. The number of aromatic amines is 1. The molecule has 0 radical (unpaired) electrons. The number of nitrogens with zero attached hydrogens (tertiary/aromatic N) is 2. The maximum atomic E-state index is 15.6. The average Bonchev–Trinajstić information content (AvgIpc) is 3.65. The highest BCUT2D eigenvalue weighted by Crippen LogP contribution is 2.43. The van der Waals surface area contributed by atoms with Crippen molar-refractivity contribution in [2.24, 2.45) is 0 Å². The summed E-state index contributed by atoms with van der Waals surface area (Å²) in [7, 11) is 0. The highest BCUT2D eigenvalue weighted by atomic mass is 35.5. The van der Waals surface area contributed by atoms with Crippen LogP contribution < -0.4 is 4.74 Å². The second-order valence-corrected chi connectivity index (χ2v) is 11.3. The van der Waals surface area contributed by atoms with Crippen LogP contribution in [-0.4, -0.2) is 57.3 Å². The lowest BCUT2D eigenvalue weighted by atomic mass is 9.99. The molecule has 204 valence electrons. The first-order valence-corrected chi connectivity index (χ1v) is 14.7. The summed E-state index contributed by atoms with van der Waals surface area (Å²) in [5.74, 6) is -1.46. The van der Waals surface area contributed by atoms with E-state index < -0.39 is 5.85 Å². The second-order valence-electron chi connectivity index (χ2n) is 9.49. The lowest BCUT2D eigenvalue weighted by Crippen LogP contribution is -2.35. The molecule has 1 fully saturated rings. The SMILES string of the molecule is CC.CCN(CCO)CCC(C)(F)Oc1ccc(-c2cccc(SC3CC3)c2)c2c1[nH]c1ncc(Cl)cc12. The van der Waals surface area contributed by atoms with Crippen molar-refractivity contribution in [3.05, 3.63) is 53.7 Å². The van der Waals surface area contributed by atoms with E-state index in [0.29, 0.717) is 35.0 Å². The van der Waals surface area contributed by atoms with Gasteiger partial charge in [0.15, 0.2) is 0 Å². The van der Waals surface area contributed by atoms with E-state index in [4.69, 9.17) is 16.3 Å². The third kappa shape index (κ3) is 6.81. The Morgan fingerprint density at radius 3 is 2.71 bits per heavy atom. The van der Waals surface area contributed by atoms with Gasteiger partial charge in [-0.2, -0.15) is 4.39 Å². The van der Waals surface area contributed by atoms with Crippen LogP contribution in [0.5, 0.6) is 5.75 Å². The number of hydrogen-bond donors (Lipinski definition) is 2. The molecule has 0 bridgehead atoms. The number of H-pyrrole nitrogens is 1. The maximum Gasteiger partial charge on any atom is 0.246 e. The van der Waals surface area contributed by atoms with Crippen molar-refractivity contribution in [1.29, 1.82) is 0 Å². The van der Waals surface area contributed by atoms with Crippen LogP contribution in [-0.2, 0) is 0 Å². The number of alkyl halides is 1. The van der Waals surface area contributed by atoms with Crippen LogP contribution in [0, 0.1) is 0 Å². The summed E-state index contributed by atoms with van der Waals surface area (Å²) >= 11 is 8.25. The minimum Gasteiger partial charge on any atom is -0.456 e. The van der Waals surface area contributed by atoms with Crippen molar-refractivity contribution >= 4 is 45.3 Å². The van der Waals surface area contributed by atoms with Gasteiger partial charge < -0.3 is 19.7 Å². The number of likely N-dealkylation sites (N-methyl/N-ethyl adjacent to an activating group) is 1. The van der Waals surface area contributed by atoms with Gasteiger partial charge >= 0.3 is 0 Å². The molecule has 2 aromatic heterocycles. The molecular formula is C30H37ClFN3O2S. The van der Waals surface area contributed by atoms with Gasteiger partial charge in [0.1, 0.15) is 11.4 Å². The van der Waals surface area contributed by atoms with E-state index >= 15 is 4.39 Å². The number of thioether (sulfide) groups is 1. The molecule has 2 aromatic carbocycles. The van der Waals surface area contributed by atoms with Gasteiger partial charge in [-0.3, -0.25) is 0 Å². The molecule has 1 saturated carbocycles. The Labute approximate surface area is 233 Å². The molecule has 0 aliphatic heterocycles. The third-order valence-corrected chi connectivity index (χ3v) is 8.10. The summed E-state index contributed by atoms with van der Waals surface area (Å²) in [6.45, 7) is 9.23. The van der Waals surface area contributed by atoms with Gasteiger partial charge in [-0.05, 0) is 60.8 Å². The minimum absolute atomic E-state index is 0.0464. The molecule has 1 aliphatic carbocycles. The number of benzene rings is 2. The van der Waals surface area contributed by atoms with Crippen LogP contribution in [0.2, 0.25) is 5.02 Å². The average molecular weight is 558 g/mol. The summed E-state index contributed by atoms with van der Waals surface area (Å²) in [6.07, 6.45) is 4.33. The first kappa shape index (κ1) is 28.7. The topological polar surface area (TPSA) is 61.4 Å². The number of pyridine rings is 1. The van der Waals surface area contributed by atoms with Crippen LogP contribution in [0.25, 0.3) is 33.1 Å². The molecule has 2 heterocycles. The number of aliphatic hydroxyl groups is 1. The van der Waals surface area contributed by atoms with Crippen LogP contribution >= 0.6 is 23.4 Å². The van der Waals surface area contributed by atoms with E-state index in [-0.39, 0.29) is 13.0 Å². The van der Waals surface area contributed by atoms with Crippen LogP contribution in [0.3, 0.4) is 0 Å². The number of hydrogen-bond acceptors (Lipinski definition) is 5. The molecule has 5 nitrogen and oxygen atoms in total. The molecule has 2 N–H and O–H groups in total. The van der Waals surface area contributed by atoms with Crippen molar-refractivity contribution < 1.29 is 14.2 Å². The van der Waals surface area contributed by atoms with E-state index in [1.165, 1.54) is 24.7 Å². The van der Waals surface area contributed by atoms with E-state index in [2.05, 4.69) is 34.2 Å². The maximum absolute atomic E-state index is 15.6. The Balaban J connectivity index is 0.00000164. The molecule has 0 amide bonds. The fourth-order valence-corrected chi connectivity index (χ4v) is 5.75. The van der Waals surface area contributed by atoms with Gasteiger partial charge in [-0.25, -0.2) is 4.98 Å². The Hall–Kier alpha value is -2.32. The predicted molar refractivity (Wildman–Crippen MR) is 158 cm³/mol. The summed E-state index contributed by atoms with van der Waals surface area (Å²) in [4.78, 5) is 11.1. The second kappa shape index (κ2) is 12.7. The zero-order valence-corrected chi connectivity index (χ0v) is 24.1. The van der Waals surface area contributed by atoms with Crippen molar-refractivity contribution in [2.45, 2.75) is 63.0 Å². The Bertz CT molecular complexity index is 1370. The largest absolute Gasteiger partial charge is 0.456 e. The molecule has 5 rings (SSSR count). The lowest BCUT2D eigenvalue weighted by Gasteiger charge is -2.26. The van der Waals surface area contributed by atoms with Gasteiger partial charge in [0.25, 0.3) is 0 Å².